The van der Waals surface area contributed by atoms with Gasteiger partial charge < -0.3 is 19.3 Å². The Morgan fingerprint density at radius 2 is 1.09 bits per heavy atom. The molecule has 9 heteroatoms. The molecule has 2 aromatic rings. The first-order valence-electron chi connectivity index (χ1n) is 6.01. The molecular weight excluding hydrogens is 368 g/mol. The van der Waals surface area contributed by atoms with Crippen molar-refractivity contribution in [1.82, 2.24) is 0 Å². The molecule has 2 aromatic carbocycles. The summed E-state index contributed by atoms with van der Waals surface area (Å²) >= 11 is -4.70. The van der Waals surface area contributed by atoms with Crippen molar-refractivity contribution in [3.05, 3.63) is 47.5 Å². The number of rotatable bonds is 2. The van der Waals surface area contributed by atoms with Crippen LogP contribution in [0.15, 0.2) is 46.2 Å². The molecule has 0 amide bonds. The summed E-state index contributed by atoms with van der Waals surface area (Å²) in [6.07, 6.45) is 0. The molecule has 23 heavy (non-hydrogen) atoms. The van der Waals surface area contributed by atoms with Gasteiger partial charge in [-0.1, -0.05) is 24.3 Å². The van der Waals surface area contributed by atoms with Crippen LogP contribution in [-0.2, 0) is 22.2 Å². The molecule has 2 N–H and O–H groups in total. The van der Waals surface area contributed by atoms with Gasteiger partial charge in [-0.15, -0.1) is 0 Å². The summed E-state index contributed by atoms with van der Waals surface area (Å²) in [5, 5.41) is 18.3. The summed E-state index contributed by atoms with van der Waals surface area (Å²) in [7, 11) is 0. The Morgan fingerprint density at radius 3 is 1.30 bits per heavy atom. The van der Waals surface area contributed by atoms with Gasteiger partial charge in [0.15, 0.2) is 0 Å². The summed E-state index contributed by atoms with van der Waals surface area (Å²) in [4.78, 5) is -0.102. The standard InChI is InChI=1S/2C7H8O3S.Ca/c2*1-5-3-2-4-6(7(5)8)11(9)10;/h2*2-4,8H,1H3,(H,9,10);/q;;+2/p-2. The molecule has 0 saturated carbocycles. The number of phenols is 2. The minimum Gasteiger partial charge on any atom is -0.768 e. The second-order valence-electron chi connectivity index (χ2n) is 4.31. The van der Waals surface area contributed by atoms with Gasteiger partial charge in [-0.2, -0.15) is 0 Å². The molecule has 0 heterocycles. The topological polar surface area (TPSA) is 121 Å². The third-order valence-electron chi connectivity index (χ3n) is 2.76. The average molecular weight is 382 g/mol. The van der Waals surface area contributed by atoms with Gasteiger partial charge in [0.2, 0.25) is 0 Å². The van der Waals surface area contributed by atoms with Crippen LogP contribution in [0.2, 0.25) is 0 Å². The van der Waals surface area contributed by atoms with E-state index >= 15 is 0 Å². The Morgan fingerprint density at radius 1 is 0.783 bits per heavy atom. The molecule has 2 atom stereocenters. The molecule has 0 aromatic heterocycles. The van der Waals surface area contributed by atoms with Crippen molar-refractivity contribution in [2.24, 2.45) is 0 Å². The normalized spacial score (nSPS) is 12.3. The van der Waals surface area contributed by atoms with Gasteiger partial charge in [0.1, 0.15) is 11.5 Å². The minimum atomic E-state index is -2.35. The van der Waals surface area contributed by atoms with Crippen molar-refractivity contribution >= 4 is 59.9 Å². The van der Waals surface area contributed by atoms with E-state index in [-0.39, 0.29) is 59.0 Å². The van der Waals surface area contributed by atoms with E-state index in [1.54, 1.807) is 38.1 Å². The molecule has 0 saturated heterocycles. The summed E-state index contributed by atoms with van der Waals surface area (Å²) in [5.41, 5.74) is 1.12. The minimum absolute atomic E-state index is 0. The summed E-state index contributed by atoms with van der Waals surface area (Å²) < 4.78 is 41.7. The average Bonchev–Trinajstić information content (AvgIpc) is 2.45. The van der Waals surface area contributed by atoms with Gasteiger partial charge in [-0.25, -0.2) is 0 Å². The molecule has 0 fully saturated rings. The number of aromatic hydroxyl groups is 2. The first kappa shape index (κ1) is 22.5. The Kier molecular flexibility index (Phi) is 10.2. The van der Waals surface area contributed by atoms with Crippen LogP contribution < -0.4 is 0 Å². The van der Waals surface area contributed by atoms with Gasteiger partial charge in [-0.3, -0.25) is 8.42 Å². The zero-order valence-electron chi connectivity index (χ0n) is 12.5. The van der Waals surface area contributed by atoms with E-state index < -0.39 is 22.2 Å². The van der Waals surface area contributed by atoms with E-state index in [1.807, 2.05) is 0 Å². The molecule has 0 spiro atoms. The van der Waals surface area contributed by atoms with Crippen LogP contribution in [0.25, 0.3) is 0 Å². The van der Waals surface area contributed by atoms with Crippen LogP contribution >= 0.6 is 0 Å². The molecule has 0 radical (unpaired) electrons. The molecule has 0 aliphatic carbocycles. The van der Waals surface area contributed by atoms with E-state index in [2.05, 4.69) is 0 Å². The van der Waals surface area contributed by atoms with Crippen LogP contribution in [-0.4, -0.2) is 65.5 Å². The molecule has 0 bridgehead atoms. The maximum atomic E-state index is 10.4. The Labute approximate surface area is 169 Å². The molecule has 2 rings (SSSR count). The van der Waals surface area contributed by atoms with E-state index in [1.165, 1.54) is 12.1 Å². The first-order chi connectivity index (χ1) is 10.3. The quantitative estimate of drug-likeness (QED) is 0.600. The zero-order chi connectivity index (χ0) is 16.9. The number of phenolic OH excluding ortho intramolecular Hbond substituents is 2. The molecule has 120 valence electrons. The predicted molar refractivity (Wildman–Crippen MR) is 85.8 cm³/mol. The van der Waals surface area contributed by atoms with Crippen LogP contribution in [0.5, 0.6) is 11.5 Å². The molecule has 6 nitrogen and oxygen atoms in total. The summed E-state index contributed by atoms with van der Waals surface area (Å²) in [6, 6.07) is 9.16. The summed E-state index contributed by atoms with van der Waals surface area (Å²) in [5.74, 6) is -0.332. The number of benzene rings is 2. The summed E-state index contributed by atoms with van der Waals surface area (Å²) in [6.45, 7) is 3.29. The Hall–Kier alpha value is -0.480. The SMILES string of the molecule is Cc1cccc(S(=O)[O-])c1O.Cc1cccc(S(=O)[O-])c1O.[Ca+2]. The second kappa shape index (κ2) is 10.4. The maximum Gasteiger partial charge on any atom is 2.00 e. The Balaban J connectivity index is 0.000000403. The third-order valence-corrected chi connectivity index (χ3v) is 4.14. The molecule has 0 aliphatic rings. The van der Waals surface area contributed by atoms with E-state index in [0.717, 1.165) is 0 Å². The van der Waals surface area contributed by atoms with Gasteiger partial charge >= 0.3 is 37.7 Å². The molecule has 2 unspecified atom stereocenters. The van der Waals surface area contributed by atoms with Crippen molar-refractivity contribution < 1.29 is 27.7 Å². The number of aryl methyl sites for hydroxylation is 2. The van der Waals surface area contributed by atoms with Crippen LogP contribution in [0.1, 0.15) is 11.1 Å². The third kappa shape index (κ3) is 6.50. The molecular formula is C14H14CaO6S2. The van der Waals surface area contributed by atoms with Crippen LogP contribution in [0, 0.1) is 13.8 Å². The number of hydrogen-bond donors (Lipinski definition) is 2. The fourth-order valence-electron chi connectivity index (χ4n) is 1.53. The fraction of sp³-hybridized carbons (Fsp3) is 0.143. The van der Waals surface area contributed by atoms with Gasteiger partial charge in [-0.05, 0) is 59.3 Å². The predicted octanol–water partition coefficient (Wildman–Crippen LogP) is 1.50. The second-order valence-corrected chi connectivity index (χ2v) is 6.13. The van der Waals surface area contributed by atoms with E-state index in [4.69, 9.17) is 0 Å². The number of para-hydroxylation sites is 2. The van der Waals surface area contributed by atoms with Crippen LogP contribution in [0.4, 0.5) is 0 Å². The van der Waals surface area contributed by atoms with Crippen molar-refractivity contribution in [3.8, 4) is 11.5 Å². The van der Waals surface area contributed by atoms with E-state index in [9.17, 15) is 27.7 Å². The van der Waals surface area contributed by atoms with Crippen molar-refractivity contribution in [1.29, 1.82) is 0 Å². The van der Waals surface area contributed by atoms with Gasteiger partial charge in [0.05, 0.1) is 9.79 Å². The zero-order valence-corrected chi connectivity index (χ0v) is 16.4. The van der Waals surface area contributed by atoms with E-state index in [0.29, 0.717) is 11.1 Å². The van der Waals surface area contributed by atoms with Crippen LogP contribution in [0.3, 0.4) is 0 Å². The van der Waals surface area contributed by atoms with Crippen molar-refractivity contribution in [2.45, 2.75) is 23.6 Å². The Bertz CT molecular complexity index is 659. The number of hydrogen-bond acceptors (Lipinski definition) is 6. The van der Waals surface area contributed by atoms with Gasteiger partial charge in [0.25, 0.3) is 0 Å². The molecule has 0 aliphatic heterocycles. The fourth-order valence-corrected chi connectivity index (χ4v) is 2.55. The van der Waals surface area contributed by atoms with Crippen molar-refractivity contribution in [2.75, 3.05) is 0 Å². The largest absolute Gasteiger partial charge is 2.00 e. The first-order valence-corrected chi connectivity index (χ1v) is 8.16. The van der Waals surface area contributed by atoms with Gasteiger partial charge in [0, 0.05) is 0 Å². The monoisotopic (exact) mass is 382 g/mol. The maximum absolute atomic E-state index is 10.4. The smallest absolute Gasteiger partial charge is 0.768 e. The van der Waals surface area contributed by atoms with Crippen molar-refractivity contribution in [3.63, 3.8) is 0 Å².